The molecule has 18 heteroatoms. The molecule has 0 spiro atoms. The highest BCUT2D eigenvalue weighted by atomic mass is 19.4. The van der Waals surface area contributed by atoms with Crippen LogP contribution in [0, 0.1) is 36.3 Å². The van der Waals surface area contributed by atoms with Gasteiger partial charge in [0.15, 0.2) is 16.9 Å². The minimum atomic E-state index is -5.06. The number of ether oxygens (including phenoxy) is 1. The Labute approximate surface area is 300 Å². The molecule has 0 bridgehead atoms. The van der Waals surface area contributed by atoms with Gasteiger partial charge in [-0.1, -0.05) is 5.92 Å². The molecule has 8 rings (SSSR count). The summed E-state index contributed by atoms with van der Waals surface area (Å²) in [6.07, 6.45) is -5.29. The highest BCUT2D eigenvalue weighted by Crippen LogP contribution is 2.64. The van der Waals surface area contributed by atoms with Gasteiger partial charge in [0.1, 0.15) is 29.6 Å². The van der Waals surface area contributed by atoms with Crippen LogP contribution in [0.4, 0.5) is 30.7 Å². The molecule has 1 aliphatic heterocycles. The number of rotatable bonds is 7. The molecule has 3 atom stereocenters. The summed E-state index contributed by atoms with van der Waals surface area (Å²) < 4.78 is 109. The van der Waals surface area contributed by atoms with E-state index in [1.54, 1.807) is 19.1 Å². The van der Waals surface area contributed by atoms with Crippen molar-refractivity contribution in [1.82, 2.24) is 34.7 Å². The number of benzene rings is 1. The van der Waals surface area contributed by atoms with E-state index in [4.69, 9.17) is 4.74 Å². The molecule has 5 aromatic rings. The number of nitrogens with zero attached hydrogens (tertiary/aromatic N) is 5. The van der Waals surface area contributed by atoms with Crippen LogP contribution in [0.15, 0.2) is 47.3 Å². The molecule has 2 aliphatic carbocycles. The van der Waals surface area contributed by atoms with Gasteiger partial charge >= 0.3 is 11.9 Å². The standard InChI is InChI=1S/C36H28F7N7O4/c1-17-22(5-7-27-46-47-33(52)50(17)27)23-3-2-21(8-9-34(53)15-54-16-34)44-30(23)26(12-18-10-19(37)13-20(38)11-18)45-28(51)14-49-32-29(31(48-49)36(41,42)43)24-4-6-25(24)35(32,39)40/h2-3,5,7,10-11,13,24-26,53H,4,6,12,14-16H2,1H3,(H,45,51)(H,47,52)/t24-,25+,26?/m0/s1. The fourth-order valence-electron chi connectivity index (χ4n) is 7.53. The summed E-state index contributed by atoms with van der Waals surface area (Å²) >= 11 is 0. The number of nitrogens with one attached hydrogen (secondary N) is 2. The molecule has 1 saturated heterocycles. The molecule has 11 nitrogen and oxygen atoms in total. The van der Waals surface area contributed by atoms with Crippen LogP contribution in [-0.4, -0.2) is 59.2 Å². The SMILES string of the molecule is Cc1c(-c2ccc(C#CC3(O)COC3)nc2C(Cc2cc(F)cc(F)c2)NC(=O)Cn2nc(C(F)(F)F)c3c2C(F)(F)[C@@H]2CC[C@H]32)ccc2n[nH]c(=O)n12. The second-order valence-corrected chi connectivity index (χ2v) is 13.7. The molecule has 1 unspecified atom stereocenters. The van der Waals surface area contributed by atoms with E-state index in [-0.39, 0.29) is 55.1 Å². The van der Waals surface area contributed by atoms with Gasteiger partial charge in [0.25, 0.3) is 5.92 Å². The van der Waals surface area contributed by atoms with Crippen LogP contribution in [0.3, 0.4) is 0 Å². The lowest BCUT2D eigenvalue weighted by atomic mass is 9.73. The third-order valence-corrected chi connectivity index (χ3v) is 10.1. The monoisotopic (exact) mass is 755 g/mol. The Morgan fingerprint density at radius 2 is 1.83 bits per heavy atom. The summed E-state index contributed by atoms with van der Waals surface area (Å²) in [5, 5.41) is 22.9. The van der Waals surface area contributed by atoms with Crippen molar-refractivity contribution in [3.8, 4) is 23.0 Å². The summed E-state index contributed by atoms with van der Waals surface area (Å²) in [4.78, 5) is 31.2. The normalized spacial score (nSPS) is 19.9. The Morgan fingerprint density at radius 3 is 2.48 bits per heavy atom. The summed E-state index contributed by atoms with van der Waals surface area (Å²) in [5.41, 5.74) is -3.58. The first-order chi connectivity index (χ1) is 25.5. The van der Waals surface area contributed by atoms with Gasteiger partial charge < -0.3 is 15.2 Å². The number of H-pyrrole nitrogens is 1. The number of aromatic nitrogens is 6. The zero-order chi connectivity index (χ0) is 38.3. The van der Waals surface area contributed by atoms with Gasteiger partial charge in [-0.3, -0.25) is 9.48 Å². The zero-order valence-electron chi connectivity index (χ0n) is 28.1. The predicted octanol–water partition coefficient (Wildman–Crippen LogP) is 4.70. The van der Waals surface area contributed by atoms with Crippen LogP contribution < -0.4 is 11.0 Å². The number of hydrogen-bond acceptors (Lipinski definition) is 7. The summed E-state index contributed by atoms with van der Waals surface area (Å²) in [7, 11) is 0. The van der Waals surface area contributed by atoms with Gasteiger partial charge in [0.2, 0.25) is 5.91 Å². The maximum Gasteiger partial charge on any atom is 0.435 e. The first-order valence-electron chi connectivity index (χ1n) is 16.7. The van der Waals surface area contributed by atoms with Crippen LogP contribution in [0.25, 0.3) is 16.8 Å². The summed E-state index contributed by atoms with van der Waals surface area (Å²) in [6, 6.07) is 7.53. The predicted molar refractivity (Wildman–Crippen MR) is 174 cm³/mol. The van der Waals surface area contributed by atoms with Gasteiger partial charge in [-0.2, -0.15) is 32.1 Å². The lowest BCUT2D eigenvalue weighted by Crippen LogP contribution is -2.48. The van der Waals surface area contributed by atoms with Crippen LogP contribution >= 0.6 is 0 Å². The van der Waals surface area contributed by atoms with Crippen molar-refractivity contribution in [3.05, 3.63) is 104 Å². The van der Waals surface area contributed by atoms with Crippen LogP contribution in [0.1, 0.15) is 64.4 Å². The second kappa shape index (κ2) is 12.5. The first-order valence-corrected chi connectivity index (χ1v) is 16.7. The van der Waals surface area contributed by atoms with Crippen LogP contribution in [0.5, 0.6) is 0 Å². The van der Waals surface area contributed by atoms with Crippen LogP contribution in [-0.2, 0) is 34.6 Å². The van der Waals surface area contributed by atoms with Gasteiger partial charge in [0.05, 0.1) is 24.9 Å². The van der Waals surface area contributed by atoms with Crippen molar-refractivity contribution >= 4 is 11.6 Å². The molecule has 4 aromatic heterocycles. The zero-order valence-corrected chi connectivity index (χ0v) is 28.1. The van der Waals surface area contributed by atoms with E-state index in [2.05, 4.69) is 37.4 Å². The molecule has 0 radical (unpaired) electrons. The average Bonchev–Trinajstić information content (AvgIpc) is 3.66. The lowest BCUT2D eigenvalue weighted by Gasteiger charge is -2.34. The molecule has 2 fully saturated rings. The smallest absolute Gasteiger partial charge is 0.373 e. The number of aliphatic hydroxyl groups is 1. The number of alkyl halides is 5. The van der Waals surface area contributed by atoms with Crippen LogP contribution in [0.2, 0.25) is 0 Å². The second-order valence-electron chi connectivity index (χ2n) is 13.7. The number of carbonyl (C=O) groups excluding carboxylic acids is 1. The van der Waals surface area contributed by atoms with E-state index >= 15 is 8.78 Å². The highest BCUT2D eigenvalue weighted by Gasteiger charge is 2.63. The molecule has 3 N–H and O–H groups in total. The third-order valence-electron chi connectivity index (χ3n) is 10.1. The lowest BCUT2D eigenvalue weighted by molar-refractivity contribution is -0.144. The van der Waals surface area contributed by atoms with Crippen molar-refractivity contribution in [2.24, 2.45) is 5.92 Å². The Kier molecular flexibility index (Phi) is 8.23. The van der Waals surface area contributed by atoms with Crippen molar-refractivity contribution < 1.29 is 45.4 Å². The van der Waals surface area contributed by atoms with Gasteiger partial charge in [-0.05, 0) is 80.0 Å². The van der Waals surface area contributed by atoms with E-state index in [1.165, 1.54) is 16.5 Å². The van der Waals surface area contributed by atoms with E-state index < -0.39 is 82.3 Å². The fraction of sp³-hybridized carbons (Fsp3) is 0.361. The van der Waals surface area contributed by atoms with E-state index in [0.29, 0.717) is 27.6 Å². The molecule has 5 heterocycles. The number of aryl methyl sites for hydroxylation is 1. The van der Waals surface area contributed by atoms with Crippen molar-refractivity contribution in [3.63, 3.8) is 0 Å². The molecular weight excluding hydrogens is 727 g/mol. The molecule has 280 valence electrons. The topological polar surface area (TPSA) is 139 Å². The number of amides is 1. The van der Waals surface area contributed by atoms with Crippen molar-refractivity contribution in [2.75, 3.05) is 13.2 Å². The molecule has 54 heavy (non-hydrogen) atoms. The number of carbonyl (C=O) groups is 1. The first kappa shape index (κ1) is 35.5. The van der Waals surface area contributed by atoms with E-state index in [1.807, 2.05) is 0 Å². The Morgan fingerprint density at radius 1 is 1.11 bits per heavy atom. The minimum Gasteiger partial charge on any atom is -0.373 e. The maximum atomic E-state index is 15.6. The summed E-state index contributed by atoms with van der Waals surface area (Å²) in [6.45, 7) is 0.448. The minimum absolute atomic E-state index is 0.0103. The Balaban J connectivity index is 1.24. The number of fused-ring (bicyclic) bond motifs is 4. The molecule has 1 aromatic carbocycles. The third kappa shape index (κ3) is 6.00. The molecule has 1 saturated carbocycles. The van der Waals surface area contributed by atoms with E-state index in [0.717, 1.165) is 12.1 Å². The average molecular weight is 756 g/mol. The molecule has 1 amide bonds. The van der Waals surface area contributed by atoms with Gasteiger partial charge in [-0.25, -0.2) is 28.1 Å². The van der Waals surface area contributed by atoms with E-state index in [9.17, 15) is 36.6 Å². The highest BCUT2D eigenvalue weighted by molar-refractivity contribution is 5.78. The number of pyridine rings is 2. The number of halogens is 7. The molecular formula is C36H28F7N7O4. The fourth-order valence-corrected chi connectivity index (χ4v) is 7.53. The van der Waals surface area contributed by atoms with Crippen molar-refractivity contribution in [1.29, 1.82) is 0 Å². The molecule has 3 aliphatic rings. The summed E-state index contributed by atoms with van der Waals surface area (Å²) in [5.74, 6) is -3.59. The number of aromatic amines is 1. The quantitative estimate of drug-likeness (QED) is 0.162. The Bertz CT molecular complexity index is 2450. The number of hydrogen-bond donors (Lipinski definition) is 3. The van der Waals surface area contributed by atoms with Gasteiger partial charge in [0, 0.05) is 34.4 Å². The largest absolute Gasteiger partial charge is 0.435 e. The van der Waals surface area contributed by atoms with Crippen molar-refractivity contribution in [2.45, 2.75) is 62.4 Å². The van der Waals surface area contributed by atoms with Gasteiger partial charge in [-0.15, -0.1) is 0 Å². The Hall–Kier alpha value is -5.54. The maximum absolute atomic E-state index is 15.6.